The summed E-state index contributed by atoms with van der Waals surface area (Å²) >= 11 is 0. The highest BCUT2D eigenvalue weighted by Gasteiger charge is 2.27. The number of piperidine rings is 1. The topological polar surface area (TPSA) is 112 Å². The van der Waals surface area contributed by atoms with Gasteiger partial charge in [0.25, 0.3) is 0 Å². The second-order valence-electron chi connectivity index (χ2n) is 7.11. The largest absolute Gasteiger partial charge is 0.493 e. The number of carbonyl (C=O) groups is 1. The van der Waals surface area contributed by atoms with Crippen molar-refractivity contribution in [2.24, 2.45) is 5.92 Å². The summed E-state index contributed by atoms with van der Waals surface area (Å²) in [5.41, 5.74) is 7.96. The Morgan fingerprint density at radius 2 is 1.90 bits per heavy atom. The van der Waals surface area contributed by atoms with Crippen LogP contribution < -0.4 is 25.4 Å². The lowest BCUT2D eigenvalue weighted by molar-refractivity contribution is -0.146. The lowest BCUT2D eigenvalue weighted by atomic mass is 9.97. The van der Waals surface area contributed by atoms with Gasteiger partial charge in [0.2, 0.25) is 0 Å². The fraction of sp³-hybridized carbons (Fsp3) is 0.476. The molecule has 3 N–H and O–H groups in total. The Labute approximate surface area is 176 Å². The van der Waals surface area contributed by atoms with E-state index in [1.54, 1.807) is 14.2 Å². The van der Waals surface area contributed by atoms with Gasteiger partial charge in [-0.1, -0.05) is 6.07 Å². The maximum Gasteiger partial charge on any atom is 0.308 e. The number of nitrogens with zero attached hydrogens (tertiary/aromatic N) is 3. The molecule has 2 heterocycles. The van der Waals surface area contributed by atoms with Crippen molar-refractivity contribution in [3.8, 4) is 11.5 Å². The quantitative estimate of drug-likeness (QED) is 0.626. The lowest BCUT2D eigenvalue weighted by Gasteiger charge is -2.32. The van der Waals surface area contributed by atoms with E-state index >= 15 is 0 Å². The van der Waals surface area contributed by atoms with Gasteiger partial charge < -0.3 is 30.2 Å². The van der Waals surface area contributed by atoms with Crippen molar-refractivity contribution < 1.29 is 19.0 Å². The molecule has 1 saturated heterocycles. The number of hydrogen-bond donors (Lipinski definition) is 2. The van der Waals surface area contributed by atoms with Crippen LogP contribution in [0.4, 0.5) is 17.3 Å². The highest BCUT2D eigenvalue weighted by atomic mass is 16.5. The van der Waals surface area contributed by atoms with Crippen molar-refractivity contribution >= 4 is 23.3 Å². The molecule has 3 rings (SSSR count). The molecule has 1 aliphatic rings. The molecule has 162 valence electrons. The molecule has 0 atom stereocenters. The van der Waals surface area contributed by atoms with Gasteiger partial charge in [-0.3, -0.25) is 4.79 Å². The Morgan fingerprint density at radius 1 is 1.17 bits per heavy atom. The van der Waals surface area contributed by atoms with Gasteiger partial charge in [-0.15, -0.1) is 0 Å². The van der Waals surface area contributed by atoms with Crippen LogP contribution in [0.15, 0.2) is 24.5 Å². The van der Waals surface area contributed by atoms with Gasteiger partial charge >= 0.3 is 5.97 Å². The minimum Gasteiger partial charge on any atom is -0.493 e. The van der Waals surface area contributed by atoms with E-state index in [9.17, 15) is 4.79 Å². The Balaban J connectivity index is 1.60. The van der Waals surface area contributed by atoms with E-state index in [1.807, 2.05) is 18.2 Å². The molecule has 1 aliphatic heterocycles. The van der Waals surface area contributed by atoms with Crippen LogP contribution in [0.25, 0.3) is 0 Å². The number of esters is 1. The SMILES string of the molecule is COC(=O)C1CCN(c2ncnc(NCCc3ccc(OC)c(OC)c3)c2N)CC1. The molecule has 0 saturated carbocycles. The minimum absolute atomic E-state index is 0.0617. The normalized spacial score (nSPS) is 14.3. The zero-order valence-electron chi connectivity index (χ0n) is 17.7. The second kappa shape index (κ2) is 10.00. The Kier molecular flexibility index (Phi) is 7.16. The van der Waals surface area contributed by atoms with E-state index in [2.05, 4.69) is 20.2 Å². The number of rotatable bonds is 8. The van der Waals surface area contributed by atoms with Gasteiger partial charge in [-0.2, -0.15) is 0 Å². The van der Waals surface area contributed by atoms with Crippen LogP contribution >= 0.6 is 0 Å². The summed E-state index contributed by atoms with van der Waals surface area (Å²) in [5, 5.41) is 3.29. The Bertz CT molecular complexity index is 868. The molecule has 0 bridgehead atoms. The number of ether oxygens (including phenoxy) is 3. The number of benzene rings is 1. The summed E-state index contributed by atoms with van der Waals surface area (Å²) < 4.78 is 15.5. The summed E-state index contributed by atoms with van der Waals surface area (Å²) in [7, 11) is 4.67. The van der Waals surface area contributed by atoms with Crippen LogP contribution in [-0.4, -0.2) is 56.9 Å². The highest BCUT2D eigenvalue weighted by molar-refractivity contribution is 5.76. The summed E-state index contributed by atoms with van der Waals surface area (Å²) in [4.78, 5) is 22.5. The molecular weight excluding hydrogens is 386 g/mol. The van der Waals surface area contributed by atoms with Crippen molar-refractivity contribution in [2.45, 2.75) is 19.3 Å². The van der Waals surface area contributed by atoms with Gasteiger partial charge in [0.1, 0.15) is 12.0 Å². The van der Waals surface area contributed by atoms with Crippen molar-refractivity contribution in [3.63, 3.8) is 0 Å². The summed E-state index contributed by atoms with van der Waals surface area (Å²) in [6.45, 7) is 2.05. The van der Waals surface area contributed by atoms with Gasteiger partial charge in [0, 0.05) is 19.6 Å². The van der Waals surface area contributed by atoms with Crippen LogP contribution in [0.1, 0.15) is 18.4 Å². The van der Waals surface area contributed by atoms with Crippen LogP contribution in [-0.2, 0) is 16.0 Å². The number of methoxy groups -OCH3 is 3. The first-order valence-electron chi connectivity index (χ1n) is 9.95. The predicted molar refractivity (Wildman–Crippen MR) is 115 cm³/mol. The van der Waals surface area contributed by atoms with Gasteiger partial charge in [-0.25, -0.2) is 9.97 Å². The first-order valence-corrected chi connectivity index (χ1v) is 9.95. The van der Waals surface area contributed by atoms with Crippen LogP contribution in [0.2, 0.25) is 0 Å². The smallest absolute Gasteiger partial charge is 0.308 e. The van der Waals surface area contributed by atoms with Crippen LogP contribution in [0, 0.1) is 5.92 Å². The molecule has 1 aromatic heterocycles. The molecule has 0 amide bonds. The molecule has 0 spiro atoms. The van der Waals surface area contributed by atoms with E-state index in [-0.39, 0.29) is 11.9 Å². The Hall–Kier alpha value is -3.23. The van der Waals surface area contributed by atoms with Crippen LogP contribution in [0.3, 0.4) is 0 Å². The zero-order chi connectivity index (χ0) is 21.5. The van der Waals surface area contributed by atoms with Gasteiger partial charge in [0.15, 0.2) is 23.1 Å². The molecular formula is C21H29N5O4. The highest BCUT2D eigenvalue weighted by Crippen LogP contribution is 2.30. The van der Waals surface area contributed by atoms with Gasteiger partial charge in [-0.05, 0) is 37.0 Å². The predicted octanol–water partition coefficient (Wildman–Crippen LogP) is 2.12. The molecule has 2 aromatic rings. The maximum atomic E-state index is 11.7. The van der Waals surface area contributed by atoms with Crippen molar-refractivity contribution in [2.75, 3.05) is 56.9 Å². The van der Waals surface area contributed by atoms with E-state index < -0.39 is 0 Å². The Morgan fingerprint density at radius 3 is 2.57 bits per heavy atom. The fourth-order valence-electron chi connectivity index (χ4n) is 3.63. The third-order valence-electron chi connectivity index (χ3n) is 5.35. The van der Waals surface area contributed by atoms with E-state index in [1.165, 1.54) is 13.4 Å². The second-order valence-corrected chi connectivity index (χ2v) is 7.11. The lowest BCUT2D eigenvalue weighted by Crippen LogP contribution is -2.37. The fourth-order valence-corrected chi connectivity index (χ4v) is 3.63. The van der Waals surface area contributed by atoms with E-state index in [0.717, 1.165) is 24.8 Å². The van der Waals surface area contributed by atoms with Crippen molar-refractivity contribution in [3.05, 3.63) is 30.1 Å². The minimum atomic E-state index is -0.150. The average molecular weight is 415 g/mol. The molecule has 0 aliphatic carbocycles. The van der Waals surface area contributed by atoms with Crippen molar-refractivity contribution in [1.82, 2.24) is 9.97 Å². The van der Waals surface area contributed by atoms with Crippen LogP contribution in [0.5, 0.6) is 11.5 Å². The number of hydrogen-bond acceptors (Lipinski definition) is 9. The number of anilines is 3. The molecule has 1 aromatic carbocycles. The maximum absolute atomic E-state index is 11.7. The number of nitrogen functional groups attached to an aromatic ring is 1. The number of nitrogens with two attached hydrogens (primary N) is 1. The third-order valence-corrected chi connectivity index (χ3v) is 5.35. The van der Waals surface area contributed by atoms with E-state index in [4.69, 9.17) is 19.9 Å². The number of nitrogens with one attached hydrogen (secondary N) is 1. The molecule has 9 heteroatoms. The van der Waals surface area contributed by atoms with Crippen molar-refractivity contribution in [1.29, 1.82) is 0 Å². The van der Waals surface area contributed by atoms with E-state index in [0.29, 0.717) is 48.5 Å². The summed E-state index contributed by atoms with van der Waals surface area (Å²) in [6.07, 6.45) is 3.72. The summed E-state index contributed by atoms with van der Waals surface area (Å²) in [5.74, 6) is 2.50. The molecule has 0 radical (unpaired) electrons. The van der Waals surface area contributed by atoms with Gasteiger partial charge in [0.05, 0.1) is 27.2 Å². The molecule has 1 fully saturated rings. The molecule has 0 unspecified atom stereocenters. The first kappa shape index (κ1) is 21.5. The average Bonchev–Trinajstić information content (AvgIpc) is 2.79. The first-order chi connectivity index (χ1) is 14.6. The molecule has 30 heavy (non-hydrogen) atoms. The zero-order valence-corrected chi connectivity index (χ0v) is 17.7. The third kappa shape index (κ3) is 4.84. The monoisotopic (exact) mass is 415 g/mol. The number of aromatic nitrogens is 2. The standard InChI is InChI=1S/C21H29N5O4/c1-28-16-5-4-14(12-17(16)29-2)6-9-23-19-18(22)20(25-13-24-19)26-10-7-15(8-11-26)21(27)30-3/h4-5,12-13,15H,6-11,22H2,1-3H3,(H,23,24,25). The number of carbonyl (C=O) groups excluding carboxylic acids is 1. The molecule has 9 nitrogen and oxygen atoms in total. The summed E-state index contributed by atoms with van der Waals surface area (Å²) in [6, 6.07) is 5.85.